The molecule has 2 aromatic rings. The number of ether oxygens (including phenoxy) is 1. The summed E-state index contributed by atoms with van der Waals surface area (Å²) >= 11 is 4.28. The predicted octanol–water partition coefficient (Wildman–Crippen LogP) is 4.19. The molecule has 0 bridgehead atoms. The lowest BCUT2D eigenvalue weighted by Crippen LogP contribution is -2.54. The topological polar surface area (TPSA) is 108 Å². The van der Waals surface area contributed by atoms with Crippen LogP contribution in [0.15, 0.2) is 48.5 Å². The van der Waals surface area contributed by atoms with E-state index in [9.17, 15) is 19.5 Å². The molecular formula is C26H33N3O5S. The molecule has 2 aromatic carbocycles. The fourth-order valence-electron chi connectivity index (χ4n) is 3.73. The summed E-state index contributed by atoms with van der Waals surface area (Å²) in [4.78, 5) is 41.3. The molecule has 2 unspecified atom stereocenters. The minimum Gasteiger partial charge on any atom is -0.508 e. The normalized spacial score (nSPS) is 15.0. The van der Waals surface area contributed by atoms with Gasteiger partial charge in [0.2, 0.25) is 5.91 Å². The number of carbonyl (C=O) groups excluding carboxylic acids is 3. The van der Waals surface area contributed by atoms with E-state index in [2.05, 4.69) is 23.3 Å². The van der Waals surface area contributed by atoms with Gasteiger partial charge in [-0.1, -0.05) is 30.3 Å². The van der Waals surface area contributed by atoms with Crippen LogP contribution in [0, 0.1) is 6.92 Å². The largest absolute Gasteiger partial charge is 0.508 e. The number of thiol groups is 1. The van der Waals surface area contributed by atoms with Crippen molar-refractivity contribution in [3.05, 3.63) is 59.7 Å². The number of aromatic hydroxyl groups is 1. The van der Waals surface area contributed by atoms with E-state index >= 15 is 0 Å². The summed E-state index contributed by atoms with van der Waals surface area (Å²) < 4.78 is 5.31. The summed E-state index contributed by atoms with van der Waals surface area (Å²) in [6.07, 6.45) is 0.716. The van der Waals surface area contributed by atoms with Crippen LogP contribution in [0.5, 0.6) is 5.75 Å². The molecule has 8 nitrogen and oxygen atoms in total. The first-order valence-electron chi connectivity index (χ1n) is 11.6. The number of rotatable bonds is 8. The van der Waals surface area contributed by atoms with Crippen molar-refractivity contribution in [2.45, 2.75) is 64.3 Å². The minimum absolute atomic E-state index is 0.0167. The monoisotopic (exact) mass is 499 g/mol. The highest BCUT2D eigenvalue weighted by molar-refractivity contribution is 7.80. The van der Waals surface area contributed by atoms with Gasteiger partial charge >= 0.3 is 6.09 Å². The maximum Gasteiger partial charge on any atom is 0.408 e. The Morgan fingerprint density at radius 3 is 2.40 bits per heavy atom. The van der Waals surface area contributed by atoms with Gasteiger partial charge in [-0.25, -0.2) is 4.79 Å². The zero-order valence-corrected chi connectivity index (χ0v) is 21.3. The Morgan fingerprint density at radius 2 is 1.83 bits per heavy atom. The van der Waals surface area contributed by atoms with Gasteiger partial charge in [0.05, 0.1) is 0 Å². The highest BCUT2D eigenvalue weighted by atomic mass is 32.1. The Morgan fingerprint density at radius 1 is 1.14 bits per heavy atom. The summed E-state index contributed by atoms with van der Waals surface area (Å²) in [7, 11) is 0. The highest BCUT2D eigenvalue weighted by Gasteiger charge is 2.44. The van der Waals surface area contributed by atoms with Crippen molar-refractivity contribution in [3.8, 4) is 5.75 Å². The Labute approximate surface area is 211 Å². The number of nitrogens with zero attached hydrogens (tertiary/aromatic N) is 1. The molecule has 3 N–H and O–H groups in total. The molecule has 0 radical (unpaired) electrons. The first-order valence-corrected chi connectivity index (χ1v) is 12.2. The van der Waals surface area contributed by atoms with Gasteiger partial charge in [0.15, 0.2) is 0 Å². The third kappa shape index (κ3) is 7.14. The van der Waals surface area contributed by atoms with Gasteiger partial charge in [0.25, 0.3) is 5.91 Å². The van der Waals surface area contributed by atoms with E-state index in [4.69, 9.17) is 4.74 Å². The molecule has 0 aromatic heterocycles. The molecule has 3 amide bonds. The molecule has 188 valence electrons. The number of aryl methyl sites for hydroxylation is 1. The Hall–Kier alpha value is -3.20. The van der Waals surface area contributed by atoms with Crippen molar-refractivity contribution in [1.82, 2.24) is 10.2 Å². The van der Waals surface area contributed by atoms with Crippen LogP contribution < -0.4 is 10.6 Å². The molecule has 3 rings (SSSR count). The standard InChI is InChI=1S/C26H33N3O5S/c1-16-8-5-6-11-20(16)27-23(31)22(17-9-7-10-19(30)14-17)29(18-12-13-18)24(32)21(15-35)28-25(33)34-26(2,3)4/h5-11,14,18,21-22,30,35H,12-13,15H2,1-4H3,(H,27,31)(H,28,33). The van der Waals surface area contributed by atoms with Gasteiger partial charge in [-0.3, -0.25) is 9.59 Å². The molecule has 35 heavy (non-hydrogen) atoms. The molecule has 9 heteroatoms. The molecule has 0 spiro atoms. The van der Waals surface area contributed by atoms with Crippen molar-refractivity contribution in [2.24, 2.45) is 0 Å². The van der Waals surface area contributed by atoms with Crippen LogP contribution in [-0.4, -0.2) is 51.4 Å². The molecule has 0 heterocycles. The van der Waals surface area contributed by atoms with Crippen LogP contribution in [0.1, 0.15) is 50.8 Å². The predicted molar refractivity (Wildman–Crippen MR) is 138 cm³/mol. The summed E-state index contributed by atoms with van der Waals surface area (Å²) in [6.45, 7) is 7.07. The fourth-order valence-corrected chi connectivity index (χ4v) is 3.98. The molecular weight excluding hydrogens is 466 g/mol. The summed E-state index contributed by atoms with van der Waals surface area (Å²) in [5, 5.41) is 15.6. The lowest BCUT2D eigenvalue weighted by atomic mass is 10.0. The van der Waals surface area contributed by atoms with E-state index in [0.29, 0.717) is 11.3 Å². The van der Waals surface area contributed by atoms with Crippen molar-refractivity contribution in [2.75, 3.05) is 11.1 Å². The summed E-state index contributed by atoms with van der Waals surface area (Å²) in [6, 6.07) is 11.5. The smallest absolute Gasteiger partial charge is 0.408 e. The molecule has 2 atom stereocenters. The first kappa shape index (κ1) is 26.4. The van der Waals surface area contributed by atoms with Crippen LogP contribution in [0.25, 0.3) is 0 Å². The van der Waals surface area contributed by atoms with Gasteiger partial charge in [-0.05, 0) is 69.9 Å². The average molecular weight is 500 g/mol. The van der Waals surface area contributed by atoms with E-state index in [1.54, 1.807) is 39.0 Å². The molecule has 1 saturated carbocycles. The van der Waals surface area contributed by atoms with E-state index in [1.165, 1.54) is 17.0 Å². The van der Waals surface area contributed by atoms with Crippen molar-refractivity contribution in [3.63, 3.8) is 0 Å². The Kier molecular flexibility index (Phi) is 8.32. The van der Waals surface area contributed by atoms with E-state index in [1.807, 2.05) is 25.1 Å². The first-order chi connectivity index (χ1) is 16.5. The number of phenolic OH excluding ortho intramolecular Hbond substituents is 1. The Bertz CT molecular complexity index is 1080. The molecule has 1 aliphatic rings. The van der Waals surface area contributed by atoms with Gasteiger partial charge < -0.3 is 25.4 Å². The molecule has 1 aliphatic carbocycles. The second kappa shape index (κ2) is 11.0. The third-order valence-electron chi connectivity index (χ3n) is 5.48. The van der Waals surface area contributed by atoms with Gasteiger partial charge in [0.1, 0.15) is 23.4 Å². The number of alkyl carbamates (subject to hydrolysis) is 1. The number of amides is 3. The third-order valence-corrected chi connectivity index (χ3v) is 5.85. The molecule has 0 aliphatic heterocycles. The van der Waals surface area contributed by atoms with E-state index in [-0.39, 0.29) is 17.5 Å². The number of anilines is 1. The van der Waals surface area contributed by atoms with Crippen LogP contribution in [-0.2, 0) is 14.3 Å². The Balaban J connectivity index is 1.95. The second-order valence-corrected chi connectivity index (χ2v) is 10.0. The van der Waals surface area contributed by atoms with Crippen molar-refractivity contribution in [1.29, 1.82) is 0 Å². The van der Waals surface area contributed by atoms with E-state index < -0.39 is 35.6 Å². The highest BCUT2D eigenvalue weighted by Crippen LogP contribution is 2.37. The lowest BCUT2D eigenvalue weighted by molar-refractivity contribution is -0.141. The zero-order chi connectivity index (χ0) is 25.8. The fraction of sp³-hybridized carbons (Fsp3) is 0.423. The number of benzene rings is 2. The summed E-state index contributed by atoms with van der Waals surface area (Å²) in [5.41, 5.74) is 1.23. The number of hydrogen-bond acceptors (Lipinski definition) is 6. The van der Waals surface area contributed by atoms with Crippen LogP contribution in [0.2, 0.25) is 0 Å². The summed E-state index contributed by atoms with van der Waals surface area (Å²) in [5.74, 6) is -0.855. The quantitative estimate of drug-likeness (QED) is 0.407. The van der Waals surface area contributed by atoms with Crippen molar-refractivity contribution < 1.29 is 24.2 Å². The number of para-hydroxylation sites is 1. The van der Waals surface area contributed by atoms with Gasteiger partial charge in [-0.2, -0.15) is 12.6 Å². The van der Waals surface area contributed by atoms with Crippen molar-refractivity contribution >= 4 is 36.2 Å². The van der Waals surface area contributed by atoms with Crippen LogP contribution in [0.4, 0.5) is 10.5 Å². The molecule has 0 saturated heterocycles. The number of phenols is 1. The number of carbonyl (C=O) groups is 3. The lowest BCUT2D eigenvalue weighted by Gasteiger charge is -2.34. The van der Waals surface area contributed by atoms with Crippen LogP contribution >= 0.6 is 12.6 Å². The average Bonchev–Trinajstić information content (AvgIpc) is 3.60. The molecule has 1 fully saturated rings. The van der Waals surface area contributed by atoms with Gasteiger partial charge in [0, 0.05) is 17.5 Å². The number of hydrogen-bond donors (Lipinski definition) is 4. The maximum absolute atomic E-state index is 13.7. The second-order valence-electron chi connectivity index (χ2n) is 9.66. The minimum atomic E-state index is -1.02. The SMILES string of the molecule is Cc1ccccc1NC(=O)C(c1cccc(O)c1)N(C(=O)C(CS)NC(=O)OC(C)(C)C)C1CC1. The zero-order valence-electron chi connectivity index (χ0n) is 20.4. The van der Waals surface area contributed by atoms with Crippen LogP contribution in [0.3, 0.4) is 0 Å². The van der Waals surface area contributed by atoms with E-state index in [0.717, 1.165) is 18.4 Å². The number of nitrogens with one attached hydrogen (secondary N) is 2. The van der Waals surface area contributed by atoms with Gasteiger partial charge in [-0.15, -0.1) is 0 Å². The maximum atomic E-state index is 13.7.